The largest absolute Gasteiger partial charge is 0.449 e. The number of hydrogen-bond donors (Lipinski definition) is 1. The zero-order valence-corrected chi connectivity index (χ0v) is 15.8. The SMILES string of the molecule is C[C@@H](OC(=O)c1cccc(NS(C)(=O)=O)c1)C(=O)N1CCc2ccccc21. The second kappa shape index (κ2) is 7.40. The fourth-order valence-corrected chi connectivity index (χ4v) is 3.54. The molecule has 27 heavy (non-hydrogen) atoms. The number of para-hydroxylation sites is 1. The highest BCUT2D eigenvalue weighted by Gasteiger charge is 2.30. The molecular weight excluding hydrogens is 368 g/mol. The van der Waals surface area contributed by atoms with Crippen LogP contribution < -0.4 is 9.62 Å². The number of fused-ring (bicyclic) bond motifs is 1. The lowest BCUT2D eigenvalue weighted by molar-refractivity contribution is -0.126. The predicted octanol–water partition coefficient (Wildman–Crippen LogP) is 2.19. The molecule has 1 N–H and O–H groups in total. The van der Waals surface area contributed by atoms with Crippen molar-refractivity contribution in [2.45, 2.75) is 19.4 Å². The van der Waals surface area contributed by atoms with Gasteiger partial charge in [-0.05, 0) is 43.2 Å². The Morgan fingerprint density at radius 1 is 1.15 bits per heavy atom. The maximum atomic E-state index is 12.7. The molecule has 7 nitrogen and oxygen atoms in total. The van der Waals surface area contributed by atoms with Crippen LogP contribution in [0, 0.1) is 0 Å². The molecule has 0 radical (unpaired) electrons. The number of carbonyl (C=O) groups excluding carboxylic acids is 2. The number of carbonyl (C=O) groups is 2. The highest BCUT2D eigenvalue weighted by Crippen LogP contribution is 2.28. The van der Waals surface area contributed by atoms with Gasteiger partial charge in [0, 0.05) is 17.9 Å². The van der Waals surface area contributed by atoms with Crippen molar-refractivity contribution in [1.82, 2.24) is 0 Å². The minimum Gasteiger partial charge on any atom is -0.449 e. The lowest BCUT2D eigenvalue weighted by atomic mass is 10.2. The summed E-state index contributed by atoms with van der Waals surface area (Å²) in [5, 5.41) is 0. The van der Waals surface area contributed by atoms with Crippen molar-refractivity contribution in [1.29, 1.82) is 0 Å². The summed E-state index contributed by atoms with van der Waals surface area (Å²) in [5.41, 5.74) is 2.33. The lowest BCUT2D eigenvalue weighted by Crippen LogP contribution is -2.39. The summed E-state index contributed by atoms with van der Waals surface area (Å²) in [6, 6.07) is 13.6. The van der Waals surface area contributed by atoms with E-state index in [0.29, 0.717) is 6.54 Å². The molecular formula is C19H20N2O5S. The first-order chi connectivity index (χ1) is 12.7. The number of hydrogen-bond acceptors (Lipinski definition) is 5. The van der Waals surface area contributed by atoms with E-state index in [0.717, 1.165) is 23.9 Å². The number of rotatable bonds is 5. The van der Waals surface area contributed by atoms with E-state index in [2.05, 4.69) is 4.72 Å². The highest BCUT2D eigenvalue weighted by atomic mass is 32.2. The molecule has 1 heterocycles. The van der Waals surface area contributed by atoms with Crippen LogP contribution in [-0.2, 0) is 26.0 Å². The second-order valence-electron chi connectivity index (χ2n) is 6.37. The van der Waals surface area contributed by atoms with Gasteiger partial charge in [-0.15, -0.1) is 0 Å². The Kier molecular flexibility index (Phi) is 5.18. The molecule has 1 aliphatic heterocycles. The molecule has 0 fully saturated rings. The number of nitrogens with one attached hydrogen (secondary N) is 1. The van der Waals surface area contributed by atoms with Crippen LogP contribution in [-0.4, -0.2) is 39.2 Å². The molecule has 0 saturated heterocycles. The van der Waals surface area contributed by atoms with Gasteiger partial charge in [0.2, 0.25) is 10.0 Å². The Morgan fingerprint density at radius 2 is 1.89 bits per heavy atom. The molecule has 0 aromatic heterocycles. The third kappa shape index (κ3) is 4.46. The third-order valence-corrected chi connectivity index (χ3v) is 4.79. The summed E-state index contributed by atoms with van der Waals surface area (Å²) in [5.74, 6) is -0.987. The van der Waals surface area contributed by atoms with Gasteiger partial charge in [0.1, 0.15) is 0 Å². The van der Waals surface area contributed by atoms with Gasteiger partial charge in [-0.25, -0.2) is 13.2 Å². The van der Waals surface area contributed by atoms with Crippen molar-refractivity contribution in [3.63, 3.8) is 0 Å². The van der Waals surface area contributed by atoms with Crippen molar-refractivity contribution in [3.05, 3.63) is 59.7 Å². The van der Waals surface area contributed by atoms with E-state index in [-0.39, 0.29) is 17.2 Å². The maximum absolute atomic E-state index is 12.7. The summed E-state index contributed by atoms with van der Waals surface area (Å²) in [7, 11) is -3.46. The van der Waals surface area contributed by atoms with Gasteiger partial charge in [-0.1, -0.05) is 24.3 Å². The molecule has 1 atom stereocenters. The zero-order valence-electron chi connectivity index (χ0n) is 15.0. The number of ether oxygens (including phenoxy) is 1. The van der Waals surface area contributed by atoms with Crippen molar-refractivity contribution < 1.29 is 22.7 Å². The van der Waals surface area contributed by atoms with Gasteiger partial charge < -0.3 is 9.64 Å². The molecule has 3 rings (SSSR count). The van der Waals surface area contributed by atoms with E-state index in [1.165, 1.54) is 31.2 Å². The molecule has 1 amide bonds. The Labute approximate surface area is 158 Å². The minimum absolute atomic E-state index is 0.158. The smallest absolute Gasteiger partial charge is 0.338 e. The van der Waals surface area contributed by atoms with Gasteiger partial charge in [0.15, 0.2) is 6.10 Å². The van der Waals surface area contributed by atoms with Crippen molar-refractivity contribution in [3.8, 4) is 0 Å². The summed E-state index contributed by atoms with van der Waals surface area (Å²) >= 11 is 0. The van der Waals surface area contributed by atoms with E-state index >= 15 is 0 Å². The number of anilines is 2. The van der Waals surface area contributed by atoms with E-state index in [1.54, 1.807) is 4.90 Å². The quantitative estimate of drug-likeness (QED) is 0.793. The van der Waals surface area contributed by atoms with E-state index in [4.69, 9.17) is 4.74 Å². The first-order valence-electron chi connectivity index (χ1n) is 8.43. The summed E-state index contributed by atoms with van der Waals surface area (Å²) in [4.78, 5) is 26.7. The van der Waals surface area contributed by atoms with Crippen LogP contribution in [0.4, 0.5) is 11.4 Å². The molecule has 0 bridgehead atoms. The number of amides is 1. The van der Waals surface area contributed by atoms with Crippen molar-refractivity contribution in [2.75, 3.05) is 22.4 Å². The Hall–Kier alpha value is -2.87. The maximum Gasteiger partial charge on any atom is 0.338 e. The molecule has 0 unspecified atom stereocenters. The predicted molar refractivity (Wildman–Crippen MR) is 102 cm³/mol. The molecule has 2 aromatic carbocycles. The van der Waals surface area contributed by atoms with E-state index in [9.17, 15) is 18.0 Å². The summed E-state index contributed by atoms with van der Waals surface area (Å²) in [6.07, 6.45) is 0.823. The first-order valence-corrected chi connectivity index (χ1v) is 10.3. The number of esters is 1. The van der Waals surface area contributed by atoms with Crippen molar-refractivity contribution >= 4 is 33.3 Å². The van der Waals surface area contributed by atoms with E-state index < -0.39 is 22.1 Å². The zero-order chi connectivity index (χ0) is 19.6. The molecule has 142 valence electrons. The lowest BCUT2D eigenvalue weighted by Gasteiger charge is -2.21. The molecule has 8 heteroatoms. The van der Waals surface area contributed by atoms with Gasteiger partial charge in [-0.2, -0.15) is 0 Å². The third-order valence-electron chi connectivity index (χ3n) is 4.19. The Balaban J connectivity index is 1.69. The van der Waals surface area contributed by atoms with E-state index in [1.807, 2.05) is 24.3 Å². The molecule has 0 saturated carbocycles. The monoisotopic (exact) mass is 388 g/mol. The minimum atomic E-state index is -3.46. The van der Waals surface area contributed by atoms with Crippen LogP contribution in [0.2, 0.25) is 0 Å². The fourth-order valence-electron chi connectivity index (χ4n) is 2.99. The van der Waals surface area contributed by atoms with Crippen LogP contribution in [0.1, 0.15) is 22.8 Å². The molecule has 0 spiro atoms. The Morgan fingerprint density at radius 3 is 2.63 bits per heavy atom. The fraction of sp³-hybridized carbons (Fsp3) is 0.263. The number of benzene rings is 2. The van der Waals surface area contributed by atoms with Crippen LogP contribution in [0.15, 0.2) is 48.5 Å². The van der Waals surface area contributed by atoms with Gasteiger partial charge >= 0.3 is 5.97 Å². The second-order valence-corrected chi connectivity index (χ2v) is 8.12. The van der Waals surface area contributed by atoms with Gasteiger partial charge in [0.25, 0.3) is 5.91 Å². The summed E-state index contributed by atoms with van der Waals surface area (Å²) < 4.78 is 30.2. The van der Waals surface area contributed by atoms with Gasteiger partial charge in [0.05, 0.1) is 11.8 Å². The molecule has 0 aliphatic carbocycles. The van der Waals surface area contributed by atoms with Crippen LogP contribution in [0.25, 0.3) is 0 Å². The standard InChI is InChI=1S/C19H20N2O5S/c1-13(18(22)21-11-10-14-6-3-4-9-17(14)21)26-19(23)15-7-5-8-16(12-15)20-27(2,24)25/h3-9,12-13,20H,10-11H2,1-2H3/t13-/m1/s1. The normalized spacial score (nSPS) is 14.4. The average Bonchev–Trinajstić information content (AvgIpc) is 3.03. The summed E-state index contributed by atoms with van der Waals surface area (Å²) in [6.45, 7) is 2.08. The average molecular weight is 388 g/mol. The van der Waals surface area contributed by atoms with Gasteiger partial charge in [-0.3, -0.25) is 9.52 Å². The topological polar surface area (TPSA) is 92.8 Å². The highest BCUT2D eigenvalue weighted by molar-refractivity contribution is 7.92. The number of nitrogens with zero attached hydrogens (tertiary/aromatic N) is 1. The first kappa shape index (κ1) is 18.9. The molecule has 2 aromatic rings. The molecule has 1 aliphatic rings. The van der Waals surface area contributed by atoms with Crippen molar-refractivity contribution in [2.24, 2.45) is 0 Å². The van der Waals surface area contributed by atoms with Crippen LogP contribution in [0.3, 0.4) is 0 Å². The number of sulfonamides is 1. The van der Waals surface area contributed by atoms with Crippen LogP contribution in [0.5, 0.6) is 0 Å². The Bertz CT molecular complexity index is 987. The van der Waals surface area contributed by atoms with Crippen LogP contribution >= 0.6 is 0 Å².